The summed E-state index contributed by atoms with van der Waals surface area (Å²) in [5.41, 5.74) is 3.65. The number of allylic oxidation sites excluding steroid dienone is 2. The summed E-state index contributed by atoms with van der Waals surface area (Å²) < 4.78 is 14.2. The van der Waals surface area contributed by atoms with Crippen LogP contribution < -0.4 is 0 Å². The molecule has 0 bridgehead atoms. The summed E-state index contributed by atoms with van der Waals surface area (Å²) in [6.07, 6.45) is 23.6. The highest BCUT2D eigenvalue weighted by atomic mass is 19.1. The van der Waals surface area contributed by atoms with Crippen LogP contribution in [0, 0.1) is 23.6 Å². The molecule has 0 heterocycles. The molecule has 2 aliphatic rings. The molecule has 1 aromatic rings. The van der Waals surface area contributed by atoms with Crippen LogP contribution >= 0.6 is 0 Å². The van der Waals surface area contributed by atoms with Crippen molar-refractivity contribution in [2.75, 3.05) is 0 Å². The standard InChI is InChI=1S/C29H45F/c1-3-5-6-7-9-23-12-17-26(18-13-23)27-19-14-24(15-20-27)10-11-25-16-21-28(8-4-2)29(30)22-25/h14,16,21-23,26-27H,3-13,15,17-20H2,1-2H3. The number of unbranched alkanes of at least 4 members (excludes halogenated alkanes) is 3. The lowest BCUT2D eigenvalue weighted by Gasteiger charge is -2.35. The molecule has 2 aliphatic carbocycles. The summed E-state index contributed by atoms with van der Waals surface area (Å²) in [5.74, 6) is 2.93. The van der Waals surface area contributed by atoms with Crippen molar-refractivity contribution >= 4 is 0 Å². The lowest BCUT2D eigenvalue weighted by atomic mass is 9.70. The zero-order valence-electron chi connectivity index (χ0n) is 19.7. The monoisotopic (exact) mass is 412 g/mol. The van der Waals surface area contributed by atoms with Gasteiger partial charge in [-0.05, 0) is 86.3 Å². The van der Waals surface area contributed by atoms with E-state index in [1.165, 1.54) is 77.0 Å². The average Bonchev–Trinajstić information content (AvgIpc) is 2.78. The van der Waals surface area contributed by atoms with Crippen LogP contribution in [-0.2, 0) is 12.8 Å². The highest BCUT2D eigenvalue weighted by molar-refractivity contribution is 5.25. The van der Waals surface area contributed by atoms with E-state index in [9.17, 15) is 4.39 Å². The highest BCUT2D eigenvalue weighted by Gasteiger charge is 2.28. The Morgan fingerprint density at radius 1 is 0.833 bits per heavy atom. The van der Waals surface area contributed by atoms with E-state index >= 15 is 0 Å². The maximum Gasteiger partial charge on any atom is 0.126 e. The Balaban J connectivity index is 1.37. The summed E-state index contributed by atoms with van der Waals surface area (Å²) in [6, 6.07) is 5.92. The zero-order chi connectivity index (χ0) is 21.2. The molecule has 1 fully saturated rings. The van der Waals surface area contributed by atoms with Gasteiger partial charge in [0.1, 0.15) is 5.82 Å². The average molecular weight is 413 g/mol. The number of rotatable bonds is 11. The predicted molar refractivity (Wildman–Crippen MR) is 128 cm³/mol. The molecule has 0 aromatic heterocycles. The Kier molecular flexibility index (Phi) is 9.95. The second-order valence-electron chi connectivity index (χ2n) is 10.2. The van der Waals surface area contributed by atoms with Gasteiger partial charge < -0.3 is 0 Å². The van der Waals surface area contributed by atoms with Crippen LogP contribution in [0.15, 0.2) is 29.8 Å². The minimum atomic E-state index is -0.00648. The van der Waals surface area contributed by atoms with Crippen LogP contribution in [0.25, 0.3) is 0 Å². The quantitative estimate of drug-likeness (QED) is 0.251. The summed E-state index contributed by atoms with van der Waals surface area (Å²) in [4.78, 5) is 0. The van der Waals surface area contributed by atoms with Gasteiger partial charge in [-0.2, -0.15) is 0 Å². The van der Waals surface area contributed by atoms with Gasteiger partial charge >= 0.3 is 0 Å². The molecule has 1 atom stereocenters. The van der Waals surface area contributed by atoms with Crippen LogP contribution in [-0.4, -0.2) is 0 Å². The number of halogens is 1. The number of aryl methyl sites for hydroxylation is 2. The van der Waals surface area contributed by atoms with Crippen molar-refractivity contribution in [2.45, 2.75) is 117 Å². The van der Waals surface area contributed by atoms with E-state index in [-0.39, 0.29) is 5.82 Å². The second kappa shape index (κ2) is 12.7. The van der Waals surface area contributed by atoms with Gasteiger partial charge in [-0.25, -0.2) is 4.39 Å². The van der Waals surface area contributed by atoms with Crippen molar-refractivity contribution in [3.8, 4) is 0 Å². The first-order chi connectivity index (χ1) is 14.7. The van der Waals surface area contributed by atoms with E-state index in [1.807, 2.05) is 6.07 Å². The maximum atomic E-state index is 14.2. The molecule has 1 unspecified atom stereocenters. The molecule has 30 heavy (non-hydrogen) atoms. The SMILES string of the molecule is CCCCCCC1CCC(C2CC=C(CCc3ccc(CCC)c(F)c3)CC2)CC1. The van der Waals surface area contributed by atoms with Crippen LogP contribution in [0.5, 0.6) is 0 Å². The van der Waals surface area contributed by atoms with Crippen LogP contribution in [0.3, 0.4) is 0 Å². The van der Waals surface area contributed by atoms with Crippen molar-refractivity contribution < 1.29 is 4.39 Å². The van der Waals surface area contributed by atoms with Gasteiger partial charge in [-0.1, -0.05) is 89.0 Å². The predicted octanol–water partition coefficient (Wildman–Crippen LogP) is 9.21. The van der Waals surface area contributed by atoms with Crippen LogP contribution in [0.2, 0.25) is 0 Å². The summed E-state index contributed by atoms with van der Waals surface area (Å²) in [5, 5.41) is 0. The topological polar surface area (TPSA) is 0 Å². The first kappa shape index (κ1) is 23.6. The molecular weight excluding hydrogens is 367 g/mol. The summed E-state index contributed by atoms with van der Waals surface area (Å²) >= 11 is 0. The van der Waals surface area contributed by atoms with E-state index in [4.69, 9.17) is 0 Å². The van der Waals surface area contributed by atoms with Crippen molar-refractivity contribution in [3.05, 3.63) is 46.8 Å². The van der Waals surface area contributed by atoms with Crippen molar-refractivity contribution in [2.24, 2.45) is 17.8 Å². The maximum absolute atomic E-state index is 14.2. The van der Waals surface area contributed by atoms with E-state index < -0.39 is 0 Å². The third kappa shape index (κ3) is 7.24. The van der Waals surface area contributed by atoms with Crippen molar-refractivity contribution in [1.29, 1.82) is 0 Å². The lowest BCUT2D eigenvalue weighted by Crippen LogP contribution is -2.23. The molecule has 0 nitrogen and oxygen atoms in total. The van der Waals surface area contributed by atoms with Crippen LogP contribution in [0.4, 0.5) is 4.39 Å². The molecule has 3 rings (SSSR count). The van der Waals surface area contributed by atoms with Gasteiger partial charge in [0, 0.05) is 0 Å². The molecule has 0 N–H and O–H groups in total. The molecule has 0 amide bonds. The fourth-order valence-electron chi connectivity index (χ4n) is 5.90. The lowest BCUT2D eigenvalue weighted by molar-refractivity contribution is 0.185. The smallest absolute Gasteiger partial charge is 0.126 e. The molecule has 168 valence electrons. The number of hydrogen-bond acceptors (Lipinski definition) is 0. The van der Waals surface area contributed by atoms with E-state index in [1.54, 1.807) is 11.6 Å². The molecule has 1 aromatic carbocycles. The van der Waals surface area contributed by atoms with Gasteiger partial charge in [0.05, 0.1) is 0 Å². The molecular formula is C29H45F. The second-order valence-corrected chi connectivity index (χ2v) is 10.2. The Morgan fingerprint density at radius 3 is 2.33 bits per heavy atom. The van der Waals surface area contributed by atoms with E-state index in [2.05, 4.69) is 26.0 Å². The van der Waals surface area contributed by atoms with Gasteiger partial charge in [-0.3, -0.25) is 0 Å². The molecule has 0 radical (unpaired) electrons. The molecule has 0 aliphatic heterocycles. The normalized spacial score (nSPS) is 24.6. The molecule has 1 saturated carbocycles. The highest BCUT2D eigenvalue weighted by Crippen LogP contribution is 2.41. The Hall–Kier alpha value is -1.11. The minimum absolute atomic E-state index is 0.00648. The third-order valence-corrected chi connectivity index (χ3v) is 7.94. The van der Waals surface area contributed by atoms with Gasteiger partial charge in [0.15, 0.2) is 0 Å². The summed E-state index contributed by atoms with van der Waals surface area (Å²) in [7, 11) is 0. The van der Waals surface area contributed by atoms with Gasteiger partial charge in [-0.15, -0.1) is 0 Å². The first-order valence-corrected chi connectivity index (χ1v) is 13.1. The fourth-order valence-corrected chi connectivity index (χ4v) is 5.90. The minimum Gasteiger partial charge on any atom is -0.207 e. The van der Waals surface area contributed by atoms with Crippen LogP contribution in [0.1, 0.15) is 115 Å². The first-order valence-electron chi connectivity index (χ1n) is 13.1. The molecule has 0 spiro atoms. The van der Waals surface area contributed by atoms with Gasteiger partial charge in [0.25, 0.3) is 0 Å². The largest absolute Gasteiger partial charge is 0.207 e. The zero-order valence-corrected chi connectivity index (χ0v) is 19.7. The Bertz CT molecular complexity index is 650. The van der Waals surface area contributed by atoms with E-state index in [0.29, 0.717) is 0 Å². The Labute approximate surface area is 185 Å². The molecule has 1 heteroatoms. The van der Waals surface area contributed by atoms with Crippen molar-refractivity contribution in [1.82, 2.24) is 0 Å². The van der Waals surface area contributed by atoms with Gasteiger partial charge in [0.2, 0.25) is 0 Å². The number of benzene rings is 1. The van der Waals surface area contributed by atoms with Crippen molar-refractivity contribution in [3.63, 3.8) is 0 Å². The number of hydrogen-bond donors (Lipinski definition) is 0. The fraction of sp³-hybridized carbons (Fsp3) is 0.724. The van der Waals surface area contributed by atoms with E-state index in [0.717, 1.165) is 54.6 Å². The Morgan fingerprint density at radius 2 is 1.67 bits per heavy atom. The molecule has 0 saturated heterocycles. The third-order valence-electron chi connectivity index (χ3n) is 7.94. The summed E-state index contributed by atoms with van der Waals surface area (Å²) in [6.45, 7) is 4.41.